The van der Waals surface area contributed by atoms with Crippen molar-refractivity contribution in [1.82, 2.24) is 0 Å². The quantitative estimate of drug-likeness (QED) is 0.718. The monoisotopic (exact) mass is 349 g/mol. The van der Waals surface area contributed by atoms with Crippen LogP contribution >= 0.6 is 15.9 Å². The zero-order chi connectivity index (χ0) is 15.3. The Hall–Kier alpha value is -1.16. The van der Waals surface area contributed by atoms with Crippen LogP contribution in [0.2, 0.25) is 0 Å². The minimum absolute atomic E-state index is 0.00127. The number of hydrogen-bond donors (Lipinski definition) is 0. The second-order valence-electron chi connectivity index (χ2n) is 6.46. The van der Waals surface area contributed by atoms with Gasteiger partial charge in [0.2, 0.25) is 11.8 Å². The molecule has 0 unspecified atom stereocenters. The lowest BCUT2D eigenvalue weighted by atomic mass is 9.76. The second kappa shape index (κ2) is 5.24. The molecule has 1 heterocycles. The van der Waals surface area contributed by atoms with Crippen LogP contribution in [0.25, 0.3) is 0 Å². The third-order valence-electron chi connectivity index (χ3n) is 5.12. The smallest absolute Gasteiger partial charge is 0.237 e. The van der Waals surface area contributed by atoms with Gasteiger partial charge in [-0.3, -0.25) is 9.59 Å². The maximum atomic E-state index is 12.7. The summed E-state index contributed by atoms with van der Waals surface area (Å²) in [5, 5.41) is 0. The molecule has 0 radical (unpaired) electrons. The van der Waals surface area contributed by atoms with Gasteiger partial charge < -0.3 is 0 Å². The van der Waals surface area contributed by atoms with Crippen molar-refractivity contribution in [3.8, 4) is 0 Å². The summed E-state index contributed by atoms with van der Waals surface area (Å²) in [5.41, 5.74) is 2.84. The predicted octanol–water partition coefficient (Wildman–Crippen LogP) is 3.99. The number of rotatable bonds is 1. The van der Waals surface area contributed by atoms with Crippen molar-refractivity contribution in [3.05, 3.63) is 27.7 Å². The number of imide groups is 1. The molecule has 1 saturated heterocycles. The number of anilines is 1. The van der Waals surface area contributed by atoms with Crippen molar-refractivity contribution in [2.75, 3.05) is 4.90 Å². The Morgan fingerprint density at radius 2 is 1.71 bits per heavy atom. The van der Waals surface area contributed by atoms with Gasteiger partial charge in [0.05, 0.1) is 17.5 Å². The summed E-state index contributed by atoms with van der Waals surface area (Å²) >= 11 is 3.50. The molecule has 1 aliphatic heterocycles. The first-order chi connectivity index (χ1) is 9.91. The van der Waals surface area contributed by atoms with Gasteiger partial charge in [0.1, 0.15) is 0 Å². The molecule has 1 aromatic rings. The van der Waals surface area contributed by atoms with Crippen molar-refractivity contribution in [3.63, 3.8) is 0 Å². The zero-order valence-corrected chi connectivity index (χ0v) is 14.2. The lowest BCUT2D eigenvalue weighted by molar-refractivity contribution is -0.122. The van der Waals surface area contributed by atoms with Crippen LogP contribution in [0.3, 0.4) is 0 Å². The number of hydrogen-bond acceptors (Lipinski definition) is 2. The predicted molar refractivity (Wildman–Crippen MR) is 86.1 cm³/mol. The molecule has 1 aromatic carbocycles. The van der Waals surface area contributed by atoms with Crippen LogP contribution in [-0.2, 0) is 9.59 Å². The van der Waals surface area contributed by atoms with Gasteiger partial charge in [-0.15, -0.1) is 0 Å². The molecule has 3 nitrogen and oxygen atoms in total. The fourth-order valence-corrected chi connectivity index (χ4v) is 4.07. The van der Waals surface area contributed by atoms with E-state index in [1.165, 1.54) is 4.90 Å². The van der Waals surface area contributed by atoms with Crippen molar-refractivity contribution in [1.29, 1.82) is 0 Å². The number of carbonyl (C=O) groups excluding carboxylic acids is 2. The van der Waals surface area contributed by atoms with E-state index >= 15 is 0 Å². The van der Waals surface area contributed by atoms with Crippen LogP contribution in [0.15, 0.2) is 16.6 Å². The first-order valence-corrected chi connectivity index (χ1v) is 8.34. The molecule has 0 aromatic heterocycles. The average molecular weight is 350 g/mol. The van der Waals surface area contributed by atoms with Gasteiger partial charge in [-0.25, -0.2) is 4.90 Å². The highest BCUT2D eigenvalue weighted by atomic mass is 79.9. The molecule has 2 aliphatic rings. The van der Waals surface area contributed by atoms with E-state index in [1.807, 2.05) is 26.0 Å². The Bertz CT molecular complexity index is 625. The molecule has 3 atom stereocenters. The minimum Gasteiger partial charge on any atom is -0.274 e. The van der Waals surface area contributed by atoms with E-state index in [0.29, 0.717) is 5.92 Å². The van der Waals surface area contributed by atoms with Gasteiger partial charge in [-0.05, 0) is 62.3 Å². The highest BCUT2D eigenvalue weighted by Crippen LogP contribution is 2.43. The number of fused-ring (bicyclic) bond motifs is 1. The van der Waals surface area contributed by atoms with Gasteiger partial charge in [-0.2, -0.15) is 0 Å². The van der Waals surface area contributed by atoms with Gasteiger partial charge in [0.15, 0.2) is 0 Å². The molecule has 2 fully saturated rings. The van der Waals surface area contributed by atoms with Gasteiger partial charge in [-0.1, -0.05) is 22.9 Å². The fourth-order valence-electron chi connectivity index (χ4n) is 3.64. The maximum Gasteiger partial charge on any atom is 0.237 e. The van der Waals surface area contributed by atoms with Crippen LogP contribution in [0, 0.1) is 31.6 Å². The summed E-state index contributed by atoms with van der Waals surface area (Å²) < 4.78 is 1.01. The lowest BCUT2D eigenvalue weighted by Gasteiger charge is -2.25. The maximum absolute atomic E-state index is 12.7. The molecule has 112 valence electrons. The largest absolute Gasteiger partial charge is 0.274 e. The van der Waals surface area contributed by atoms with Crippen molar-refractivity contribution in [2.45, 2.75) is 40.0 Å². The lowest BCUT2D eigenvalue weighted by Crippen LogP contribution is -2.31. The molecule has 21 heavy (non-hydrogen) atoms. The van der Waals surface area contributed by atoms with Crippen molar-refractivity contribution in [2.24, 2.45) is 17.8 Å². The number of amides is 2. The fraction of sp³-hybridized carbons (Fsp3) is 0.529. The summed E-state index contributed by atoms with van der Waals surface area (Å²) in [4.78, 5) is 26.9. The molecular weight excluding hydrogens is 330 g/mol. The SMILES string of the molecule is Cc1c(Br)ccc(N2C(=O)[C@@H]3CC[C@H](C)C[C@H]3C2=O)c1C. The topological polar surface area (TPSA) is 37.4 Å². The number of halogens is 1. The van der Waals surface area contributed by atoms with Crippen molar-refractivity contribution < 1.29 is 9.59 Å². The molecule has 1 aliphatic carbocycles. The van der Waals surface area contributed by atoms with E-state index in [0.717, 1.165) is 40.5 Å². The van der Waals surface area contributed by atoms with Crippen LogP contribution in [0.1, 0.15) is 37.3 Å². The van der Waals surface area contributed by atoms with E-state index in [1.54, 1.807) is 0 Å². The van der Waals surface area contributed by atoms with Crippen LogP contribution in [0.5, 0.6) is 0 Å². The van der Waals surface area contributed by atoms with E-state index in [2.05, 4.69) is 22.9 Å². The van der Waals surface area contributed by atoms with E-state index in [4.69, 9.17) is 0 Å². The summed E-state index contributed by atoms with van der Waals surface area (Å²) in [6.07, 6.45) is 2.74. The Morgan fingerprint density at radius 1 is 1.05 bits per heavy atom. The van der Waals surface area contributed by atoms with Crippen molar-refractivity contribution >= 4 is 33.4 Å². The minimum atomic E-state index is -0.107. The molecule has 0 bridgehead atoms. The number of carbonyl (C=O) groups is 2. The van der Waals surface area contributed by atoms with E-state index in [-0.39, 0.29) is 23.7 Å². The van der Waals surface area contributed by atoms with Gasteiger partial charge in [0.25, 0.3) is 0 Å². The van der Waals surface area contributed by atoms with Gasteiger partial charge in [0, 0.05) is 4.47 Å². The Balaban J connectivity index is 2.02. The molecule has 1 saturated carbocycles. The van der Waals surface area contributed by atoms with Crippen LogP contribution < -0.4 is 4.90 Å². The molecule has 2 amide bonds. The third-order valence-corrected chi connectivity index (χ3v) is 5.98. The molecule has 0 N–H and O–H groups in total. The molecule has 3 rings (SSSR count). The summed E-state index contributed by atoms with van der Waals surface area (Å²) in [6.45, 7) is 6.15. The standard InChI is InChI=1S/C17H20BrNO2/c1-9-4-5-12-13(8-9)17(21)19(16(12)20)15-7-6-14(18)10(2)11(15)3/h6-7,9,12-13H,4-5,8H2,1-3H3/t9-,12+,13+/m0/s1. The number of benzene rings is 1. The van der Waals surface area contributed by atoms with Crippen LogP contribution in [-0.4, -0.2) is 11.8 Å². The summed E-state index contributed by atoms with van der Waals surface area (Å²) in [5.74, 6) is 0.334. The highest BCUT2D eigenvalue weighted by Gasteiger charge is 2.50. The normalized spacial score (nSPS) is 29.0. The second-order valence-corrected chi connectivity index (χ2v) is 7.31. The van der Waals surface area contributed by atoms with Gasteiger partial charge >= 0.3 is 0 Å². The Kier molecular flexibility index (Phi) is 3.68. The first kappa shape index (κ1) is 14.8. The molecular formula is C17H20BrNO2. The first-order valence-electron chi connectivity index (χ1n) is 7.55. The highest BCUT2D eigenvalue weighted by molar-refractivity contribution is 9.10. The van der Waals surface area contributed by atoms with E-state index in [9.17, 15) is 9.59 Å². The average Bonchev–Trinajstić information content (AvgIpc) is 2.69. The zero-order valence-electron chi connectivity index (χ0n) is 12.6. The summed E-state index contributed by atoms with van der Waals surface area (Å²) in [7, 11) is 0. The summed E-state index contributed by atoms with van der Waals surface area (Å²) in [6, 6.07) is 3.80. The Morgan fingerprint density at radius 3 is 2.43 bits per heavy atom. The molecule has 0 spiro atoms. The van der Waals surface area contributed by atoms with Crippen LogP contribution in [0.4, 0.5) is 5.69 Å². The third kappa shape index (κ3) is 2.24. The van der Waals surface area contributed by atoms with E-state index < -0.39 is 0 Å². The molecule has 4 heteroatoms. The Labute approximate surface area is 133 Å². The number of nitrogens with zero attached hydrogens (tertiary/aromatic N) is 1.